The van der Waals surface area contributed by atoms with Crippen LogP contribution in [0.2, 0.25) is 0 Å². The Morgan fingerprint density at radius 3 is 1.84 bits per heavy atom. The first kappa shape index (κ1) is 15.7. The van der Waals surface area contributed by atoms with Gasteiger partial charge in [-0.3, -0.25) is 14.4 Å². The van der Waals surface area contributed by atoms with E-state index in [0.717, 1.165) is 32.1 Å². The molecule has 108 valence electrons. The molecule has 0 heterocycles. The van der Waals surface area contributed by atoms with Crippen LogP contribution in [0, 0.1) is 11.8 Å². The van der Waals surface area contributed by atoms with Crippen LogP contribution in [-0.4, -0.2) is 30.9 Å². The summed E-state index contributed by atoms with van der Waals surface area (Å²) in [6.07, 6.45) is 4.53. The van der Waals surface area contributed by atoms with Gasteiger partial charge in [0.25, 0.3) is 0 Å². The van der Waals surface area contributed by atoms with Crippen LogP contribution < -0.4 is 0 Å². The van der Waals surface area contributed by atoms with Gasteiger partial charge in [-0.05, 0) is 26.7 Å². The smallest absolute Gasteiger partial charge is 0.328 e. The minimum Gasteiger partial charge on any atom is -0.465 e. The molecule has 5 heteroatoms. The van der Waals surface area contributed by atoms with Crippen LogP contribution in [0.15, 0.2) is 0 Å². The average molecular weight is 270 g/mol. The lowest BCUT2D eigenvalue weighted by Crippen LogP contribution is -2.39. The summed E-state index contributed by atoms with van der Waals surface area (Å²) in [5.41, 5.74) is 0. The van der Waals surface area contributed by atoms with E-state index in [1.165, 1.54) is 0 Å². The number of Topliss-reactive ketones (excluding diaryl/α,β-unsaturated/α-hetero) is 1. The molecule has 0 radical (unpaired) electrons. The highest BCUT2D eigenvalue weighted by atomic mass is 16.6. The van der Waals surface area contributed by atoms with Crippen molar-refractivity contribution in [2.24, 2.45) is 11.8 Å². The van der Waals surface area contributed by atoms with Crippen molar-refractivity contribution in [3.05, 3.63) is 0 Å². The third-order valence-corrected chi connectivity index (χ3v) is 3.34. The van der Waals surface area contributed by atoms with Crippen molar-refractivity contribution in [1.29, 1.82) is 0 Å². The summed E-state index contributed by atoms with van der Waals surface area (Å²) in [4.78, 5) is 35.9. The van der Waals surface area contributed by atoms with Crippen molar-refractivity contribution in [1.82, 2.24) is 0 Å². The van der Waals surface area contributed by atoms with Gasteiger partial charge in [-0.15, -0.1) is 0 Å². The standard InChI is InChI=1S/C14H22O5/c1-3-18-13(16)11(14(17)19-4-2)12(15)10-8-6-5-7-9-10/h10-11H,3-9H2,1-2H3. The molecule has 0 aromatic rings. The second-order valence-corrected chi connectivity index (χ2v) is 4.67. The minimum atomic E-state index is -1.40. The zero-order valence-electron chi connectivity index (χ0n) is 11.6. The quantitative estimate of drug-likeness (QED) is 0.544. The van der Waals surface area contributed by atoms with Crippen molar-refractivity contribution < 1.29 is 23.9 Å². The lowest BCUT2D eigenvalue weighted by Gasteiger charge is -2.23. The Hall–Kier alpha value is -1.39. The second kappa shape index (κ2) is 7.92. The molecule has 1 aliphatic carbocycles. The van der Waals surface area contributed by atoms with Gasteiger partial charge >= 0.3 is 11.9 Å². The summed E-state index contributed by atoms with van der Waals surface area (Å²) in [6, 6.07) is 0. The van der Waals surface area contributed by atoms with Gasteiger partial charge in [0.2, 0.25) is 5.92 Å². The summed E-state index contributed by atoms with van der Waals surface area (Å²) < 4.78 is 9.65. The van der Waals surface area contributed by atoms with Gasteiger partial charge in [0.05, 0.1) is 13.2 Å². The van der Waals surface area contributed by atoms with E-state index in [-0.39, 0.29) is 24.9 Å². The molecule has 0 saturated heterocycles. The first-order chi connectivity index (χ1) is 9.11. The van der Waals surface area contributed by atoms with Crippen LogP contribution in [0.1, 0.15) is 46.0 Å². The fraction of sp³-hybridized carbons (Fsp3) is 0.786. The molecule has 0 spiro atoms. The van der Waals surface area contributed by atoms with E-state index in [4.69, 9.17) is 9.47 Å². The van der Waals surface area contributed by atoms with Gasteiger partial charge in [-0.25, -0.2) is 0 Å². The van der Waals surface area contributed by atoms with Crippen molar-refractivity contribution in [3.8, 4) is 0 Å². The Kier molecular flexibility index (Phi) is 6.53. The molecule has 1 aliphatic rings. The molecule has 1 fully saturated rings. The topological polar surface area (TPSA) is 69.7 Å². The van der Waals surface area contributed by atoms with Gasteiger partial charge in [0.1, 0.15) is 0 Å². The maximum Gasteiger partial charge on any atom is 0.328 e. The van der Waals surface area contributed by atoms with E-state index in [1.54, 1.807) is 13.8 Å². The van der Waals surface area contributed by atoms with Crippen molar-refractivity contribution >= 4 is 17.7 Å². The summed E-state index contributed by atoms with van der Waals surface area (Å²) in [6.45, 7) is 3.58. The van der Waals surface area contributed by atoms with Crippen LogP contribution in [0.5, 0.6) is 0 Å². The largest absolute Gasteiger partial charge is 0.465 e. The molecule has 0 bridgehead atoms. The molecule has 0 N–H and O–H groups in total. The maximum absolute atomic E-state index is 12.3. The summed E-state index contributed by atoms with van der Waals surface area (Å²) >= 11 is 0. The Morgan fingerprint density at radius 1 is 0.947 bits per heavy atom. The molecule has 0 aromatic heterocycles. The first-order valence-electron chi connectivity index (χ1n) is 6.98. The van der Waals surface area contributed by atoms with Crippen LogP contribution >= 0.6 is 0 Å². The monoisotopic (exact) mass is 270 g/mol. The number of ether oxygens (including phenoxy) is 2. The first-order valence-corrected chi connectivity index (χ1v) is 6.98. The summed E-state index contributed by atoms with van der Waals surface area (Å²) in [7, 11) is 0. The Morgan fingerprint density at radius 2 is 1.42 bits per heavy atom. The lowest BCUT2D eigenvalue weighted by molar-refractivity contribution is -0.165. The second-order valence-electron chi connectivity index (χ2n) is 4.67. The molecule has 0 aliphatic heterocycles. The summed E-state index contributed by atoms with van der Waals surface area (Å²) in [5, 5.41) is 0. The van der Waals surface area contributed by atoms with E-state index in [2.05, 4.69) is 0 Å². The molecule has 5 nitrogen and oxygen atoms in total. The third-order valence-electron chi connectivity index (χ3n) is 3.34. The molecular formula is C14H22O5. The number of esters is 2. The van der Waals surface area contributed by atoms with Gasteiger partial charge in [0.15, 0.2) is 5.78 Å². The maximum atomic E-state index is 12.3. The molecule has 0 atom stereocenters. The molecule has 19 heavy (non-hydrogen) atoms. The third kappa shape index (κ3) is 4.33. The van der Waals surface area contributed by atoms with Gasteiger partial charge in [0, 0.05) is 5.92 Å². The molecule has 0 aromatic carbocycles. The minimum absolute atomic E-state index is 0.146. The number of carbonyl (C=O) groups is 3. The predicted octanol–water partition coefficient (Wildman–Crippen LogP) is 1.88. The number of carbonyl (C=O) groups excluding carboxylic acids is 3. The highest BCUT2D eigenvalue weighted by Gasteiger charge is 2.40. The van der Waals surface area contributed by atoms with Crippen molar-refractivity contribution in [2.75, 3.05) is 13.2 Å². The Bertz CT molecular complexity index is 313. The fourth-order valence-electron chi connectivity index (χ4n) is 2.40. The SMILES string of the molecule is CCOC(=O)C(C(=O)OCC)C(=O)C1CCCCC1. The van der Waals surface area contributed by atoms with E-state index in [1.807, 2.05) is 0 Å². The van der Waals surface area contributed by atoms with E-state index >= 15 is 0 Å². The Balaban J connectivity index is 2.78. The lowest BCUT2D eigenvalue weighted by atomic mass is 9.81. The Labute approximate surface area is 113 Å². The molecule has 1 saturated carbocycles. The molecule has 1 rings (SSSR count). The van der Waals surface area contributed by atoms with Gasteiger partial charge in [-0.2, -0.15) is 0 Å². The molecule has 0 amide bonds. The van der Waals surface area contributed by atoms with Gasteiger partial charge in [-0.1, -0.05) is 19.3 Å². The van der Waals surface area contributed by atoms with Crippen LogP contribution in [-0.2, 0) is 23.9 Å². The van der Waals surface area contributed by atoms with Crippen LogP contribution in [0.3, 0.4) is 0 Å². The highest BCUT2D eigenvalue weighted by molar-refractivity contribution is 6.15. The predicted molar refractivity (Wildman–Crippen MR) is 68.3 cm³/mol. The normalized spacial score (nSPS) is 16.2. The summed E-state index contributed by atoms with van der Waals surface area (Å²) in [5.74, 6) is -3.51. The average Bonchev–Trinajstić information content (AvgIpc) is 2.40. The van der Waals surface area contributed by atoms with Crippen LogP contribution in [0.4, 0.5) is 0 Å². The zero-order valence-corrected chi connectivity index (χ0v) is 11.6. The molecule has 0 unspecified atom stereocenters. The number of ketones is 1. The van der Waals surface area contributed by atoms with E-state index < -0.39 is 17.9 Å². The number of rotatable bonds is 6. The number of hydrogen-bond donors (Lipinski definition) is 0. The van der Waals surface area contributed by atoms with E-state index in [9.17, 15) is 14.4 Å². The highest BCUT2D eigenvalue weighted by Crippen LogP contribution is 2.27. The van der Waals surface area contributed by atoms with Gasteiger partial charge < -0.3 is 9.47 Å². The van der Waals surface area contributed by atoms with E-state index in [0.29, 0.717) is 0 Å². The van der Waals surface area contributed by atoms with Crippen LogP contribution in [0.25, 0.3) is 0 Å². The molecular weight excluding hydrogens is 248 g/mol. The van der Waals surface area contributed by atoms with Crippen molar-refractivity contribution in [2.45, 2.75) is 46.0 Å². The van der Waals surface area contributed by atoms with Crippen molar-refractivity contribution in [3.63, 3.8) is 0 Å². The fourth-order valence-corrected chi connectivity index (χ4v) is 2.40. The number of hydrogen-bond acceptors (Lipinski definition) is 5. The zero-order chi connectivity index (χ0) is 14.3.